The number of hydrogen-bond donors (Lipinski definition) is 1. The second-order valence-corrected chi connectivity index (χ2v) is 9.75. The number of β-amino-alcohol motifs (C(OH)–C–C–N with tert-alkyl or cyclic N) is 1. The minimum atomic E-state index is -0.779. The van der Waals surface area contributed by atoms with Crippen LogP contribution in [0.3, 0.4) is 0 Å². The van der Waals surface area contributed by atoms with Crippen LogP contribution in [0.2, 0.25) is 0 Å². The van der Waals surface area contributed by atoms with Crippen molar-refractivity contribution in [3.8, 4) is 0 Å². The number of aliphatic hydroxyl groups is 1. The molecule has 1 amide bonds. The van der Waals surface area contributed by atoms with Crippen LogP contribution < -0.4 is 0 Å². The van der Waals surface area contributed by atoms with E-state index < -0.39 is 12.1 Å². The molecule has 1 N–H and O–H groups in total. The van der Waals surface area contributed by atoms with E-state index in [2.05, 4.69) is 10.3 Å². The Hall–Kier alpha value is -3.52. The average Bonchev–Trinajstić information content (AvgIpc) is 3.41. The number of carbonyl (C=O) groups excluding carboxylic acids is 2. The molecule has 1 aliphatic heterocycles. The number of aromatic nitrogens is 3. The molecule has 0 spiro atoms. The van der Waals surface area contributed by atoms with Crippen LogP contribution in [0.15, 0.2) is 66.9 Å². The zero-order valence-electron chi connectivity index (χ0n) is 20.3. The molecule has 5 rings (SSSR count). The largest absolute Gasteiger partial charge is 0.455 e. The lowest BCUT2D eigenvalue weighted by Gasteiger charge is -2.44. The molecule has 8 nitrogen and oxygen atoms in total. The van der Waals surface area contributed by atoms with E-state index in [0.29, 0.717) is 17.7 Å². The minimum Gasteiger partial charge on any atom is -0.455 e. The van der Waals surface area contributed by atoms with E-state index in [-0.39, 0.29) is 37.1 Å². The molecule has 0 unspecified atom stereocenters. The van der Waals surface area contributed by atoms with E-state index in [1.54, 1.807) is 35.1 Å². The Balaban J connectivity index is 1.31. The lowest BCUT2D eigenvalue weighted by atomic mass is 9.85. The summed E-state index contributed by atoms with van der Waals surface area (Å²) in [5.74, 6) is -0.247. The highest BCUT2D eigenvalue weighted by Gasteiger charge is 2.41. The second-order valence-electron chi connectivity index (χ2n) is 9.75. The highest BCUT2D eigenvalue weighted by Crippen LogP contribution is 2.39. The molecule has 1 aliphatic carbocycles. The fourth-order valence-electron chi connectivity index (χ4n) is 5.41. The molecular weight excluding hydrogens is 456 g/mol. The number of piperidine rings is 1. The van der Waals surface area contributed by atoms with Crippen molar-refractivity contribution in [1.29, 1.82) is 0 Å². The van der Waals surface area contributed by atoms with Gasteiger partial charge in [-0.15, -0.1) is 5.10 Å². The van der Waals surface area contributed by atoms with Gasteiger partial charge in [0.05, 0.1) is 29.9 Å². The Kier molecular flexibility index (Phi) is 7.41. The first-order valence-electron chi connectivity index (χ1n) is 12.8. The summed E-state index contributed by atoms with van der Waals surface area (Å²) in [5.41, 5.74) is 2.03. The summed E-state index contributed by atoms with van der Waals surface area (Å²) < 4.78 is 7.03. The van der Waals surface area contributed by atoms with Crippen molar-refractivity contribution < 1.29 is 19.4 Å². The first-order chi connectivity index (χ1) is 17.6. The van der Waals surface area contributed by atoms with Gasteiger partial charge in [-0.25, -0.2) is 9.48 Å². The van der Waals surface area contributed by atoms with Crippen LogP contribution in [-0.2, 0) is 16.1 Å². The molecule has 2 aromatic carbocycles. The number of benzene rings is 2. The maximum Gasteiger partial charge on any atom is 0.338 e. The summed E-state index contributed by atoms with van der Waals surface area (Å²) in [5, 5.41) is 19.5. The molecule has 2 heterocycles. The van der Waals surface area contributed by atoms with Crippen molar-refractivity contribution >= 4 is 11.9 Å². The van der Waals surface area contributed by atoms with E-state index >= 15 is 0 Å². The van der Waals surface area contributed by atoms with E-state index in [4.69, 9.17) is 4.74 Å². The van der Waals surface area contributed by atoms with E-state index in [1.807, 2.05) is 41.3 Å². The Morgan fingerprint density at radius 1 is 0.972 bits per heavy atom. The molecular formula is C28H32N4O4. The summed E-state index contributed by atoms with van der Waals surface area (Å²) >= 11 is 0. The number of hydrogen-bond acceptors (Lipinski definition) is 6. The monoisotopic (exact) mass is 488 g/mol. The Bertz CT molecular complexity index is 1160. The zero-order chi connectivity index (χ0) is 24.9. The van der Waals surface area contributed by atoms with Crippen molar-refractivity contribution in [2.45, 2.75) is 63.3 Å². The number of carbonyl (C=O) groups is 2. The molecule has 0 radical (unpaired) electrons. The molecule has 1 aromatic heterocycles. The first-order valence-corrected chi connectivity index (χ1v) is 12.8. The molecule has 1 saturated carbocycles. The van der Waals surface area contributed by atoms with Crippen LogP contribution in [-0.4, -0.2) is 49.5 Å². The van der Waals surface area contributed by atoms with Gasteiger partial charge in [-0.1, -0.05) is 73.0 Å². The molecule has 3 atom stereocenters. The van der Waals surface area contributed by atoms with Crippen molar-refractivity contribution in [3.63, 3.8) is 0 Å². The molecule has 0 bridgehead atoms. The van der Waals surface area contributed by atoms with Gasteiger partial charge in [-0.2, -0.15) is 0 Å². The van der Waals surface area contributed by atoms with Crippen molar-refractivity contribution in [2.24, 2.45) is 5.92 Å². The molecule has 3 aromatic rings. The van der Waals surface area contributed by atoms with Gasteiger partial charge in [0.25, 0.3) is 0 Å². The topological polar surface area (TPSA) is 97.5 Å². The highest BCUT2D eigenvalue weighted by molar-refractivity contribution is 5.89. The van der Waals surface area contributed by atoms with Gasteiger partial charge in [-0.3, -0.25) is 4.79 Å². The Morgan fingerprint density at radius 2 is 1.67 bits per heavy atom. The van der Waals surface area contributed by atoms with Gasteiger partial charge < -0.3 is 14.7 Å². The maximum atomic E-state index is 13.5. The van der Waals surface area contributed by atoms with Crippen LogP contribution in [0.25, 0.3) is 0 Å². The highest BCUT2D eigenvalue weighted by atomic mass is 16.5. The lowest BCUT2D eigenvalue weighted by Crippen LogP contribution is -2.51. The number of amides is 1. The van der Waals surface area contributed by atoms with Gasteiger partial charge in [0.1, 0.15) is 12.3 Å². The van der Waals surface area contributed by atoms with Gasteiger partial charge >= 0.3 is 5.97 Å². The summed E-state index contributed by atoms with van der Waals surface area (Å²) in [6, 6.07) is 18.3. The summed E-state index contributed by atoms with van der Waals surface area (Å²) in [7, 11) is 0. The molecule has 188 valence electrons. The second kappa shape index (κ2) is 11.0. The third-order valence-electron chi connectivity index (χ3n) is 7.35. The van der Waals surface area contributed by atoms with Crippen LogP contribution >= 0.6 is 0 Å². The van der Waals surface area contributed by atoms with E-state index in [1.165, 1.54) is 6.42 Å². The number of rotatable bonds is 6. The predicted molar refractivity (Wildman–Crippen MR) is 133 cm³/mol. The predicted octanol–water partition coefficient (Wildman–Crippen LogP) is 4.09. The number of esters is 1. The van der Waals surface area contributed by atoms with Crippen LogP contribution in [0.1, 0.15) is 72.2 Å². The number of likely N-dealkylation sites (tertiary alicyclic amines) is 1. The van der Waals surface area contributed by atoms with Gasteiger partial charge in [0.2, 0.25) is 5.91 Å². The zero-order valence-corrected chi connectivity index (χ0v) is 20.3. The average molecular weight is 489 g/mol. The standard InChI is InChI=1S/C28H32N4O4/c33-26-18-31(27(34)21-12-6-2-7-13-21)24(20-10-4-1-5-11-20)16-25(26)32-17-23(29-30-32)19-36-28(35)22-14-8-3-9-15-22/h1,3-5,8-11,14-15,17,21,24-26,33H,2,6-7,12-13,16,18-19H2/t24-,25+,26-/m1/s1. The number of aliphatic hydroxyl groups excluding tert-OH is 1. The molecule has 36 heavy (non-hydrogen) atoms. The van der Waals surface area contributed by atoms with Gasteiger partial charge in [-0.05, 0) is 37.0 Å². The number of ether oxygens (including phenoxy) is 1. The smallest absolute Gasteiger partial charge is 0.338 e. The van der Waals surface area contributed by atoms with Crippen molar-refractivity contribution in [2.75, 3.05) is 6.54 Å². The molecule has 2 fully saturated rings. The molecule has 8 heteroatoms. The fraction of sp³-hybridized carbons (Fsp3) is 0.429. The third kappa shape index (κ3) is 5.33. The van der Waals surface area contributed by atoms with Crippen LogP contribution in [0.5, 0.6) is 0 Å². The quantitative estimate of drug-likeness (QED) is 0.525. The third-order valence-corrected chi connectivity index (χ3v) is 7.35. The fourth-order valence-corrected chi connectivity index (χ4v) is 5.41. The van der Waals surface area contributed by atoms with Crippen LogP contribution in [0.4, 0.5) is 0 Å². The molecule has 1 saturated heterocycles. The van der Waals surface area contributed by atoms with Gasteiger partial charge in [0, 0.05) is 12.5 Å². The summed E-state index contributed by atoms with van der Waals surface area (Å²) in [6.07, 6.45) is 6.66. The van der Waals surface area contributed by atoms with E-state index in [9.17, 15) is 14.7 Å². The summed E-state index contributed by atoms with van der Waals surface area (Å²) in [4.78, 5) is 27.7. The Morgan fingerprint density at radius 3 is 2.39 bits per heavy atom. The maximum absolute atomic E-state index is 13.5. The van der Waals surface area contributed by atoms with Crippen LogP contribution in [0, 0.1) is 5.92 Å². The summed E-state index contributed by atoms with van der Waals surface area (Å²) in [6.45, 7) is 0.239. The minimum absolute atomic E-state index is 0.00898. The van der Waals surface area contributed by atoms with Gasteiger partial charge in [0.15, 0.2) is 0 Å². The Labute approximate surface area is 210 Å². The van der Waals surface area contributed by atoms with Crippen molar-refractivity contribution in [3.05, 3.63) is 83.7 Å². The normalized spacial score (nSPS) is 22.8. The first kappa shape index (κ1) is 24.2. The van der Waals surface area contributed by atoms with Crippen molar-refractivity contribution in [1.82, 2.24) is 19.9 Å². The molecule has 2 aliphatic rings. The number of nitrogens with zero attached hydrogens (tertiary/aromatic N) is 4. The van der Waals surface area contributed by atoms with E-state index in [0.717, 1.165) is 31.2 Å². The SMILES string of the molecule is O=C(OCc1cn([C@H]2C[C@H](c3ccccc3)N(C(=O)C3CCCCC3)C[C@H]2O)nn1)c1ccccc1. The lowest BCUT2D eigenvalue weighted by molar-refractivity contribution is -0.145.